The SMILES string of the molecule is Cc1cc(C)c2c(c1)[C@]1(N[C@H](Cc3ccccc3)[C@H]3C(=O)N(CCc4ccccc4)C(=O)[C@H]31)C(=O)N2. The van der Waals surface area contributed by atoms with Gasteiger partial charge in [-0.15, -0.1) is 0 Å². The first-order valence-electron chi connectivity index (χ1n) is 12.5. The summed E-state index contributed by atoms with van der Waals surface area (Å²) in [6.07, 6.45) is 1.14. The lowest BCUT2D eigenvalue weighted by Crippen LogP contribution is -2.53. The van der Waals surface area contributed by atoms with E-state index in [-0.39, 0.29) is 23.8 Å². The van der Waals surface area contributed by atoms with E-state index in [0.717, 1.165) is 33.5 Å². The van der Waals surface area contributed by atoms with Crippen molar-refractivity contribution in [3.05, 3.63) is 101 Å². The Kier molecular flexibility index (Phi) is 5.30. The highest BCUT2D eigenvalue weighted by Crippen LogP contribution is 2.54. The number of nitrogens with zero attached hydrogens (tertiary/aromatic N) is 1. The monoisotopic (exact) mass is 479 g/mol. The number of amides is 3. The molecule has 6 heteroatoms. The molecule has 6 nitrogen and oxygen atoms in total. The average molecular weight is 480 g/mol. The summed E-state index contributed by atoms with van der Waals surface area (Å²) in [5.74, 6) is -2.08. The standard InChI is InChI=1S/C30H29N3O3/c1-18-15-19(2)26-22(16-18)30(29(36)31-26)25-24(23(32-30)17-21-11-7-4-8-12-21)27(34)33(28(25)35)14-13-20-9-5-3-6-10-20/h3-12,15-16,23-25,32H,13-14,17H2,1-2H3,(H,31,36)/t23-,24-,25+,30-/m1/s1. The van der Waals surface area contributed by atoms with Crippen LogP contribution in [0.2, 0.25) is 0 Å². The Morgan fingerprint density at radius 3 is 2.22 bits per heavy atom. The predicted molar refractivity (Wildman–Crippen MR) is 137 cm³/mol. The minimum atomic E-state index is -1.26. The molecule has 3 aliphatic rings. The van der Waals surface area contributed by atoms with Gasteiger partial charge in [0, 0.05) is 23.8 Å². The quantitative estimate of drug-likeness (QED) is 0.549. The number of aryl methyl sites for hydroxylation is 2. The van der Waals surface area contributed by atoms with E-state index in [1.165, 1.54) is 4.90 Å². The highest BCUT2D eigenvalue weighted by atomic mass is 16.2. The van der Waals surface area contributed by atoms with Crippen LogP contribution in [0.15, 0.2) is 72.8 Å². The molecule has 0 saturated carbocycles. The normalized spacial score (nSPS) is 26.4. The van der Waals surface area contributed by atoms with Crippen LogP contribution in [0.4, 0.5) is 5.69 Å². The van der Waals surface area contributed by atoms with E-state index in [2.05, 4.69) is 10.6 Å². The van der Waals surface area contributed by atoms with Gasteiger partial charge in [0.1, 0.15) is 5.54 Å². The van der Waals surface area contributed by atoms with Gasteiger partial charge in [0.15, 0.2) is 0 Å². The summed E-state index contributed by atoms with van der Waals surface area (Å²) in [5, 5.41) is 6.60. The van der Waals surface area contributed by atoms with Gasteiger partial charge in [-0.05, 0) is 43.4 Å². The van der Waals surface area contributed by atoms with Gasteiger partial charge in [-0.1, -0.05) is 78.4 Å². The summed E-state index contributed by atoms with van der Waals surface area (Å²) in [6, 6.07) is 23.5. The maximum absolute atomic E-state index is 14.0. The van der Waals surface area contributed by atoms with Crippen molar-refractivity contribution in [2.45, 2.75) is 38.3 Å². The number of hydrogen-bond acceptors (Lipinski definition) is 4. The van der Waals surface area contributed by atoms with Crippen molar-refractivity contribution >= 4 is 23.4 Å². The fourth-order valence-electron chi connectivity index (χ4n) is 6.47. The van der Waals surface area contributed by atoms with E-state index in [1.807, 2.05) is 86.6 Å². The number of carbonyl (C=O) groups is 3. The predicted octanol–water partition coefficient (Wildman–Crippen LogP) is 3.51. The molecule has 0 aromatic heterocycles. The highest BCUT2D eigenvalue weighted by Gasteiger charge is 2.70. The zero-order valence-corrected chi connectivity index (χ0v) is 20.5. The van der Waals surface area contributed by atoms with Gasteiger partial charge < -0.3 is 5.32 Å². The van der Waals surface area contributed by atoms with Crippen LogP contribution in [0.5, 0.6) is 0 Å². The Balaban J connectivity index is 1.42. The van der Waals surface area contributed by atoms with E-state index < -0.39 is 17.4 Å². The van der Waals surface area contributed by atoms with Crippen LogP contribution < -0.4 is 10.6 Å². The Hall–Kier alpha value is -3.77. The first-order chi connectivity index (χ1) is 17.4. The molecule has 1 spiro atoms. The number of nitrogens with one attached hydrogen (secondary N) is 2. The van der Waals surface area contributed by atoms with Crippen molar-refractivity contribution in [2.75, 3.05) is 11.9 Å². The molecule has 2 saturated heterocycles. The van der Waals surface area contributed by atoms with Crippen LogP contribution in [0.25, 0.3) is 0 Å². The van der Waals surface area contributed by atoms with Crippen molar-refractivity contribution in [1.29, 1.82) is 0 Å². The van der Waals surface area contributed by atoms with Crippen molar-refractivity contribution in [1.82, 2.24) is 10.2 Å². The Morgan fingerprint density at radius 2 is 1.53 bits per heavy atom. The second-order valence-corrected chi connectivity index (χ2v) is 10.3. The molecule has 3 heterocycles. The molecule has 0 unspecified atom stereocenters. The number of anilines is 1. The van der Waals surface area contributed by atoms with Crippen LogP contribution in [-0.2, 0) is 32.8 Å². The fourth-order valence-corrected chi connectivity index (χ4v) is 6.47. The van der Waals surface area contributed by atoms with Crippen LogP contribution >= 0.6 is 0 Å². The molecule has 3 aromatic rings. The van der Waals surface area contributed by atoms with Gasteiger partial charge >= 0.3 is 0 Å². The van der Waals surface area contributed by atoms with E-state index in [0.29, 0.717) is 19.4 Å². The number of likely N-dealkylation sites (tertiary alicyclic amines) is 1. The summed E-state index contributed by atoms with van der Waals surface area (Å²) in [7, 11) is 0. The number of rotatable bonds is 5. The van der Waals surface area contributed by atoms with Crippen LogP contribution in [0, 0.1) is 25.7 Å². The maximum Gasteiger partial charge on any atom is 0.250 e. The largest absolute Gasteiger partial charge is 0.324 e. The van der Waals surface area contributed by atoms with Crippen LogP contribution in [0.3, 0.4) is 0 Å². The molecular formula is C30H29N3O3. The molecule has 0 radical (unpaired) electrons. The summed E-state index contributed by atoms with van der Waals surface area (Å²) in [4.78, 5) is 43.0. The Morgan fingerprint density at radius 1 is 0.861 bits per heavy atom. The molecule has 182 valence electrons. The second kappa shape index (κ2) is 8.42. The Labute approximate surface area is 210 Å². The zero-order chi connectivity index (χ0) is 25.0. The molecule has 2 N–H and O–H groups in total. The lowest BCUT2D eigenvalue weighted by atomic mass is 9.75. The van der Waals surface area contributed by atoms with Crippen molar-refractivity contribution in [2.24, 2.45) is 11.8 Å². The van der Waals surface area contributed by atoms with E-state index in [1.54, 1.807) is 0 Å². The van der Waals surface area contributed by atoms with Crippen LogP contribution in [0.1, 0.15) is 27.8 Å². The maximum atomic E-state index is 14.0. The van der Waals surface area contributed by atoms with Gasteiger partial charge in [-0.2, -0.15) is 0 Å². The molecule has 36 heavy (non-hydrogen) atoms. The number of fused-ring (bicyclic) bond motifs is 4. The first-order valence-corrected chi connectivity index (χ1v) is 12.5. The molecule has 3 aliphatic heterocycles. The zero-order valence-electron chi connectivity index (χ0n) is 20.5. The molecule has 6 rings (SSSR count). The molecule has 3 aromatic carbocycles. The van der Waals surface area contributed by atoms with Crippen molar-refractivity contribution < 1.29 is 14.4 Å². The third-order valence-electron chi connectivity index (χ3n) is 8.02. The fraction of sp³-hybridized carbons (Fsp3) is 0.300. The molecule has 2 fully saturated rings. The highest BCUT2D eigenvalue weighted by molar-refractivity contribution is 6.15. The molecular weight excluding hydrogens is 450 g/mol. The molecule has 0 aliphatic carbocycles. The lowest BCUT2D eigenvalue weighted by molar-refractivity contribution is -0.142. The van der Waals surface area contributed by atoms with E-state index in [4.69, 9.17) is 0 Å². The summed E-state index contributed by atoms with van der Waals surface area (Å²) in [5.41, 5.74) is 4.38. The average Bonchev–Trinajstić information content (AvgIpc) is 3.44. The summed E-state index contributed by atoms with van der Waals surface area (Å²) < 4.78 is 0. The third-order valence-corrected chi connectivity index (χ3v) is 8.02. The molecule has 0 bridgehead atoms. The van der Waals surface area contributed by atoms with Gasteiger partial charge in [0.25, 0.3) is 0 Å². The van der Waals surface area contributed by atoms with Gasteiger partial charge in [0.05, 0.1) is 11.8 Å². The Bertz CT molecular complexity index is 1370. The first kappa shape index (κ1) is 22.7. The topological polar surface area (TPSA) is 78.5 Å². The van der Waals surface area contributed by atoms with Gasteiger partial charge in [-0.25, -0.2) is 0 Å². The van der Waals surface area contributed by atoms with Gasteiger partial charge in [-0.3, -0.25) is 24.6 Å². The molecule has 3 amide bonds. The number of carbonyl (C=O) groups excluding carboxylic acids is 3. The minimum absolute atomic E-state index is 0.183. The minimum Gasteiger partial charge on any atom is -0.324 e. The lowest BCUT2D eigenvalue weighted by Gasteiger charge is -2.30. The summed E-state index contributed by atoms with van der Waals surface area (Å²) >= 11 is 0. The van der Waals surface area contributed by atoms with E-state index >= 15 is 0 Å². The molecule has 4 atom stereocenters. The number of hydrogen-bond donors (Lipinski definition) is 2. The summed E-state index contributed by atoms with van der Waals surface area (Å²) in [6.45, 7) is 4.27. The van der Waals surface area contributed by atoms with Gasteiger partial charge in [0.2, 0.25) is 17.7 Å². The van der Waals surface area contributed by atoms with Crippen molar-refractivity contribution in [3.8, 4) is 0 Å². The number of benzene rings is 3. The smallest absolute Gasteiger partial charge is 0.250 e. The van der Waals surface area contributed by atoms with E-state index in [9.17, 15) is 14.4 Å². The second-order valence-electron chi connectivity index (χ2n) is 10.3. The third kappa shape index (κ3) is 3.32. The van der Waals surface area contributed by atoms with Crippen molar-refractivity contribution in [3.63, 3.8) is 0 Å². The van der Waals surface area contributed by atoms with Crippen LogP contribution in [-0.4, -0.2) is 35.2 Å². The number of imide groups is 1.